The summed E-state index contributed by atoms with van der Waals surface area (Å²) in [5, 5.41) is 17.9. The van der Waals surface area contributed by atoms with Gasteiger partial charge in [0, 0.05) is 24.7 Å². The van der Waals surface area contributed by atoms with Crippen LogP contribution in [0.5, 0.6) is 0 Å². The van der Waals surface area contributed by atoms with E-state index in [0.29, 0.717) is 23.9 Å². The third-order valence-electron chi connectivity index (χ3n) is 5.03. The van der Waals surface area contributed by atoms with Gasteiger partial charge in [-0.15, -0.1) is 0 Å². The van der Waals surface area contributed by atoms with Crippen molar-refractivity contribution in [2.75, 3.05) is 13.1 Å². The monoisotopic (exact) mass is 367 g/mol. The second kappa shape index (κ2) is 6.96. The Morgan fingerprint density at radius 3 is 2.93 bits per heavy atom. The third-order valence-corrected chi connectivity index (χ3v) is 5.03. The van der Waals surface area contributed by atoms with Crippen molar-refractivity contribution in [3.8, 4) is 0 Å². The summed E-state index contributed by atoms with van der Waals surface area (Å²) >= 11 is 0. The maximum Gasteiger partial charge on any atom is 0.261 e. The van der Waals surface area contributed by atoms with Crippen LogP contribution >= 0.6 is 0 Å². The van der Waals surface area contributed by atoms with Crippen LogP contribution in [-0.2, 0) is 17.8 Å². The molecule has 1 aliphatic heterocycles. The number of aliphatic hydroxyl groups is 1. The van der Waals surface area contributed by atoms with Gasteiger partial charge in [0.1, 0.15) is 6.54 Å². The fourth-order valence-corrected chi connectivity index (χ4v) is 3.57. The van der Waals surface area contributed by atoms with Crippen LogP contribution in [0.2, 0.25) is 0 Å². The number of carbonyl (C=O) groups is 1. The highest BCUT2D eigenvalue weighted by atomic mass is 16.3. The van der Waals surface area contributed by atoms with Crippen LogP contribution in [0, 0.1) is 12.8 Å². The number of likely N-dealkylation sites (tertiary alicyclic amines) is 1. The lowest BCUT2D eigenvalue weighted by atomic mass is 10.0. The third kappa shape index (κ3) is 3.48. The Bertz CT molecular complexity index is 1040. The number of aromatic nitrogens is 4. The smallest absolute Gasteiger partial charge is 0.261 e. The Hall–Kier alpha value is -3.00. The number of nitrogens with one attached hydrogen (secondary N) is 1. The van der Waals surface area contributed by atoms with E-state index in [1.54, 1.807) is 23.1 Å². The molecule has 1 aliphatic rings. The summed E-state index contributed by atoms with van der Waals surface area (Å²) in [4.78, 5) is 31.0. The molecule has 2 atom stereocenters. The van der Waals surface area contributed by atoms with Crippen molar-refractivity contribution in [3.05, 3.63) is 58.4 Å². The number of nitrogens with zero attached hydrogens (tertiary/aromatic N) is 4. The van der Waals surface area contributed by atoms with Crippen LogP contribution in [0.1, 0.15) is 11.4 Å². The summed E-state index contributed by atoms with van der Waals surface area (Å²) in [6.07, 6.45) is 1.41. The van der Waals surface area contributed by atoms with Gasteiger partial charge in [-0.2, -0.15) is 5.10 Å². The Morgan fingerprint density at radius 2 is 2.15 bits per heavy atom. The molecule has 27 heavy (non-hydrogen) atoms. The number of H-pyrrole nitrogens is 1. The molecule has 0 saturated carbocycles. The number of amides is 1. The lowest BCUT2D eigenvalue weighted by molar-refractivity contribution is -0.131. The number of hydrogen-bond donors (Lipinski definition) is 2. The molecule has 1 saturated heterocycles. The molecule has 0 radical (unpaired) electrons. The minimum atomic E-state index is -0.600. The Morgan fingerprint density at radius 1 is 1.33 bits per heavy atom. The number of fused-ring (bicyclic) bond motifs is 1. The van der Waals surface area contributed by atoms with E-state index in [2.05, 4.69) is 15.2 Å². The zero-order valence-corrected chi connectivity index (χ0v) is 15.0. The molecule has 2 N–H and O–H groups in total. The van der Waals surface area contributed by atoms with Crippen molar-refractivity contribution in [2.24, 2.45) is 5.92 Å². The van der Waals surface area contributed by atoms with E-state index in [4.69, 9.17) is 0 Å². The molecule has 4 rings (SSSR count). The number of aliphatic hydroxyl groups excluding tert-OH is 1. The van der Waals surface area contributed by atoms with E-state index < -0.39 is 6.10 Å². The van der Waals surface area contributed by atoms with Crippen molar-refractivity contribution in [2.45, 2.75) is 26.0 Å². The van der Waals surface area contributed by atoms with Gasteiger partial charge in [0.15, 0.2) is 0 Å². The molecule has 0 bridgehead atoms. The first-order chi connectivity index (χ1) is 13.0. The normalized spacial score (nSPS) is 19.7. The molecule has 140 valence electrons. The molecule has 1 fully saturated rings. The molecule has 8 heteroatoms. The lowest BCUT2D eigenvalue weighted by Gasteiger charge is -2.16. The van der Waals surface area contributed by atoms with Gasteiger partial charge < -0.3 is 10.0 Å². The first kappa shape index (κ1) is 17.4. The minimum absolute atomic E-state index is 0.0666. The Labute approximate surface area is 155 Å². The van der Waals surface area contributed by atoms with Crippen molar-refractivity contribution in [3.63, 3.8) is 0 Å². The SMILES string of the molecule is Cc1cc(C[C@@H]2CN(C(=O)Cn3cnc4ccccc4c3=O)C[C@H]2O)n[nH]1. The Kier molecular flexibility index (Phi) is 4.49. The van der Waals surface area contributed by atoms with Gasteiger partial charge in [0.2, 0.25) is 5.91 Å². The standard InChI is InChI=1S/C19H21N5O3/c1-12-6-14(22-21-12)7-13-8-23(9-17(13)25)18(26)10-24-11-20-16-5-3-2-4-15(16)19(24)27/h2-6,11,13,17,25H,7-10H2,1H3,(H,21,22)/t13-,17-/m1/s1. The summed E-state index contributed by atoms with van der Waals surface area (Å²) in [6, 6.07) is 9.00. The molecule has 0 unspecified atom stereocenters. The van der Waals surface area contributed by atoms with Crippen LogP contribution in [0.25, 0.3) is 10.9 Å². The van der Waals surface area contributed by atoms with Gasteiger partial charge in [-0.05, 0) is 31.5 Å². The van der Waals surface area contributed by atoms with E-state index in [-0.39, 0.29) is 30.5 Å². The van der Waals surface area contributed by atoms with E-state index in [1.165, 1.54) is 10.9 Å². The summed E-state index contributed by atoms with van der Waals surface area (Å²) in [6.45, 7) is 2.55. The van der Waals surface area contributed by atoms with Crippen molar-refractivity contribution in [1.29, 1.82) is 0 Å². The maximum absolute atomic E-state index is 12.7. The first-order valence-electron chi connectivity index (χ1n) is 8.92. The molecule has 0 aliphatic carbocycles. The zero-order chi connectivity index (χ0) is 19.0. The van der Waals surface area contributed by atoms with E-state index in [9.17, 15) is 14.7 Å². The molecular weight excluding hydrogens is 346 g/mol. The average molecular weight is 367 g/mol. The molecular formula is C19H21N5O3. The average Bonchev–Trinajstić information content (AvgIpc) is 3.23. The molecule has 1 aromatic carbocycles. The van der Waals surface area contributed by atoms with Gasteiger partial charge in [-0.3, -0.25) is 19.3 Å². The first-order valence-corrected chi connectivity index (χ1v) is 8.92. The second-order valence-corrected chi connectivity index (χ2v) is 7.07. The molecule has 3 heterocycles. The number of β-amino-alcohol motifs (C(OH)–C–C–N with tert-alkyl or cyclic N) is 1. The maximum atomic E-state index is 12.7. The predicted octanol–water partition coefficient (Wildman–Crippen LogP) is 0.490. The number of aryl methyl sites for hydroxylation is 1. The van der Waals surface area contributed by atoms with Crippen LogP contribution in [0.4, 0.5) is 0 Å². The van der Waals surface area contributed by atoms with E-state index in [1.807, 2.05) is 19.1 Å². The van der Waals surface area contributed by atoms with Crippen LogP contribution in [-0.4, -0.2) is 54.9 Å². The molecule has 3 aromatic rings. The van der Waals surface area contributed by atoms with Gasteiger partial charge >= 0.3 is 0 Å². The summed E-state index contributed by atoms with van der Waals surface area (Å²) < 4.78 is 1.32. The highest BCUT2D eigenvalue weighted by molar-refractivity contribution is 5.79. The minimum Gasteiger partial charge on any atom is -0.391 e. The van der Waals surface area contributed by atoms with Gasteiger partial charge in [-0.1, -0.05) is 12.1 Å². The summed E-state index contributed by atoms with van der Waals surface area (Å²) in [5.41, 5.74) is 2.21. The van der Waals surface area contributed by atoms with Crippen molar-refractivity contribution < 1.29 is 9.90 Å². The number of rotatable bonds is 4. The van der Waals surface area contributed by atoms with Gasteiger partial charge in [0.05, 0.1) is 29.0 Å². The van der Waals surface area contributed by atoms with Crippen LogP contribution in [0.3, 0.4) is 0 Å². The predicted molar refractivity (Wildman–Crippen MR) is 99.1 cm³/mol. The topological polar surface area (TPSA) is 104 Å². The van der Waals surface area contributed by atoms with Crippen LogP contribution in [0.15, 0.2) is 41.5 Å². The number of carbonyl (C=O) groups excluding carboxylic acids is 1. The summed E-state index contributed by atoms with van der Waals surface area (Å²) in [5.74, 6) is -0.267. The zero-order valence-electron chi connectivity index (χ0n) is 15.0. The lowest BCUT2D eigenvalue weighted by Crippen LogP contribution is -2.35. The Balaban J connectivity index is 1.46. The second-order valence-electron chi connectivity index (χ2n) is 7.07. The number of aromatic amines is 1. The summed E-state index contributed by atoms with van der Waals surface area (Å²) in [7, 11) is 0. The van der Waals surface area contributed by atoms with Gasteiger partial charge in [-0.25, -0.2) is 4.98 Å². The number of benzene rings is 1. The highest BCUT2D eigenvalue weighted by Gasteiger charge is 2.34. The molecule has 2 aromatic heterocycles. The number of hydrogen-bond acceptors (Lipinski definition) is 5. The van der Waals surface area contributed by atoms with E-state index >= 15 is 0 Å². The largest absolute Gasteiger partial charge is 0.391 e. The van der Waals surface area contributed by atoms with Crippen LogP contribution < -0.4 is 5.56 Å². The molecule has 8 nitrogen and oxygen atoms in total. The van der Waals surface area contributed by atoms with E-state index in [0.717, 1.165) is 11.4 Å². The fourth-order valence-electron chi connectivity index (χ4n) is 3.57. The molecule has 1 amide bonds. The quantitative estimate of drug-likeness (QED) is 0.698. The highest BCUT2D eigenvalue weighted by Crippen LogP contribution is 2.21. The number of para-hydroxylation sites is 1. The van der Waals surface area contributed by atoms with Gasteiger partial charge in [0.25, 0.3) is 5.56 Å². The van der Waals surface area contributed by atoms with Crippen molar-refractivity contribution in [1.82, 2.24) is 24.6 Å². The van der Waals surface area contributed by atoms with Crippen molar-refractivity contribution >= 4 is 16.8 Å². The molecule has 0 spiro atoms. The fraction of sp³-hybridized carbons (Fsp3) is 0.368.